The normalized spacial score (nSPS) is 12.7. The molecule has 0 aliphatic rings. The van der Waals surface area contributed by atoms with Crippen LogP contribution in [-0.4, -0.2) is 37.5 Å². The zero-order chi connectivity index (χ0) is 13.7. The van der Waals surface area contributed by atoms with Crippen LogP contribution < -0.4 is 11.1 Å². The number of hydrogen-bond acceptors (Lipinski definition) is 3. The molecule has 18 heavy (non-hydrogen) atoms. The van der Waals surface area contributed by atoms with E-state index < -0.39 is 5.91 Å². The van der Waals surface area contributed by atoms with E-state index in [1.807, 2.05) is 14.1 Å². The Morgan fingerprint density at radius 3 is 2.72 bits per heavy atom. The number of rotatable bonds is 6. The van der Waals surface area contributed by atoms with Gasteiger partial charge in [0, 0.05) is 30.3 Å². The largest absolute Gasteiger partial charge is 0.366 e. The number of primary amides is 1. The van der Waals surface area contributed by atoms with Gasteiger partial charge in [-0.15, -0.1) is 0 Å². The van der Waals surface area contributed by atoms with Crippen LogP contribution in [0.15, 0.2) is 18.2 Å². The third-order valence-electron chi connectivity index (χ3n) is 2.97. The molecule has 0 bridgehead atoms. The number of likely N-dealkylation sites (N-methyl/N-ethyl adjacent to an activating group) is 1. The highest BCUT2D eigenvalue weighted by atomic mass is 19.1. The summed E-state index contributed by atoms with van der Waals surface area (Å²) in [6.07, 6.45) is 0. The first kappa shape index (κ1) is 14.6. The lowest BCUT2D eigenvalue weighted by atomic mass is 10.1. The molecule has 1 aromatic carbocycles. The number of nitrogens with one attached hydrogen (secondary N) is 1. The minimum atomic E-state index is -0.544. The predicted octanol–water partition coefficient (Wildman–Crippen LogP) is 0.964. The Morgan fingerprint density at radius 1 is 1.50 bits per heavy atom. The minimum absolute atomic E-state index is 0.328. The van der Waals surface area contributed by atoms with Crippen molar-refractivity contribution >= 4 is 5.91 Å². The van der Waals surface area contributed by atoms with Crippen molar-refractivity contribution in [1.29, 1.82) is 0 Å². The molecule has 1 atom stereocenters. The predicted molar refractivity (Wildman–Crippen MR) is 69.8 cm³/mol. The first-order valence-electron chi connectivity index (χ1n) is 5.87. The topological polar surface area (TPSA) is 58.4 Å². The number of amides is 1. The maximum atomic E-state index is 13.5. The number of halogens is 1. The summed E-state index contributed by atoms with van der Waals surface area (Å²) in [5.74, 6) is -0.872. The Morgan fingerprint density at radius 2 is 2.17 bits per heavy atom. The van der Waals surface area contributed by atoms with Crippen LogP contribution in [0.4, 0.5) is 4.39 Å². The smallest absolute Gasteiger partial charge is 0.248 e. The Balaban J connectivity index is 2.61. The Labute approximate surface area is 107 Å². The number of nitrogens with zero attached hydrogens (tertiary/aromatic N) is 1. The van der Waals surface area contributed by atoms with Crippen LogP contribution in [-0.2, 0) is 6.54 Å². The van der Waals surface area contributed by atoms with Crippen molar-refractivity contribution in [3.63, 3.8) is 0 Å². The van der Waals surface area contributed by atoms with E-state index in [4.69, 9.17) is 5.73 Å². The quantitative estimate of drug-likeness (QED) is 0.794. The molecule has 100 valence electrons. The second kappa shape index (κ2) is 6.47. The molecule has 3 N–H and O–H groups in total. The van der Waals surface area contributed by atoms with Crippen molar-refractivity contribution in [3.8, 4) is 0 Å². The van der Waals surface area contributed by atoms with Gasteiger partial charge >= 0.3 is 0 Å². The Hall–Kier alpha value is -1.46. The van der Waals surface area contributed by atoms with Crippen LogP contribution in [0.3, 0.4) is 0 Å². The third kappa shape index (κ3) is 4.09. The number of nitrogens with two attached hydrogens (primary N) is 1. The van der Waals surface area contributed by atoms with E-state index in [0.29, 0.717) is 23.7 Å². The summed E-state index contributed by atoms with van der Waals surface area (Å²) < 4.78 is 13.5. The van der Waals surface area contributed by atoms with E-state index in [-0.39, 0.29) is 5.82 Å². The fourth-order valence-electron chi connectivity index (χ4n) is 1.46. The van der Waals surface area contributed by atoms with Gasteiger partial charge in [-0.25, -0.2) is 4.39 Å². The van der Waals surface area contributed by atoms with E-state index in [1.54, 1.807) is 0 Å². The molecule has 1 unspecified atom stereocenters. The zero-order valence-corrected chi connectivity index (χ0v) is 11.0. The minimum Gasteiger partial charge on any atom is -0.366 e. The van der Waals surface area contributed by atoms with Crippen LogP contribution in [0.5, 0.6) is 0 Å². The molecule has 1 rings (SSSR count). The Kier molecular flexibility index (Phi) is 5.25. The van der Waals surface area contributed by atoms with Crippen LogP contribution in [0.2, 0.25) is 0 Å². The SMILES string of the molecule is CC(CNCc1cc(C(N)=O)ccc1F)N(C)C. The van der Waals surface area contributed by atoms with Crippen molar-refractivity contribution in [1.82, 2.24) is 10.2 Å². The lowest BCUT2D eigenvalue weighted by Crippen LogP contribution is -2.35. The van der Waals surface area contributed by atoms with Crippen LogP contribution >= 0.6 is 0 Å². The highest BCUT2D eigenvalue weighted by molar-refractivity contribution is 5.92. The van der Waals surface area contributed by atoms with Crippen molar-refractivity contribution in [3.05, 3.63) is 35.1 Å². The maximum Gasteiger partial charge on any atom is 0.248 e. The highest BCUT2D eigenvalue weighted by Crippen LogP contribution is 2.10. The van der Waals surface area contributed by atoms with Gasteiger partial charge in [0.05, 0.1) is 0 Å². The summed E-state index contributed by atoms with van der Waals surface area (Å²) in [5.41, 5.74) is 5.94. The van der Waals surface area contributed by atoms with Crippen molar-refractivity contribution in [2.24, 2.45) is 5.73 Å². The van der Waals surface area contributed by atoms with E-state index in [0.717, 1.165) is 6.54 Å². The van der Waals surface area contributed by atoms with Gasteiger partial charge in [0.15, 0.2) is 0 Å². The first-order valence-corrected chi connectivity index (χ1v) is 5.87. The average molecular weight is 253 g/mol. The van der Waals surface area contributed by atoms with E-state index in [9.17, 15) is 9.18 Å². The van der Waals surface area contributed by atoms with E-state index >= 15 is 0 Å². The van der Waals surface area contributed by atoms with Gasteiger partial charge in [-0.1, -0.05) is 0 Å². The summed E-state index contributed by atoms with van der Waals surface area (Å²) in [6.45, 7) is 3.20. The molecule has 0 spiro atoms. The molecule has 1 aromatic rings. The zero-order valence-electron chi connectivity index (χ0n) is 11.0. The van der Waals surface area contributed by atoms with Gasteiger partial charge in [0.2, 0.25) is 5.91 Å². The third-order valence-corrected chi connectivity index (χ3v) is 2.97. The monoisotopic (exact) mass is 253 g/mol. The van der Waals surface area contributed by atoms with Crippen LogP contribution in [0.25, 0.3) is 0 Å². The molecule has 0 aliphatic heterocycles. The number of carbonyl (C=O) groups excluding carboxylic acids is 1. The molecule has 1 amide bonds. The lowest BCUT2D eigenvalue weighted by molar-refractivity contribution is 0.1000. The Bertz CT molecular complexity index is 421. The van der Waals surface area contributed by atoms with Gasteiger partial charge in [-0.2, -0.15) is 0 Å². The summed E-state index contributed by atoms with van der Waals surface area (Å²) in [4.78, 5) is 13.1. The molecule has 0 aromatic heterocycles. The van der Waals surface area contributed by atoms with Crippen molar-refractivity contribution in [2.75, 3.05) is 20.6 Å². The van der Waals surface area contributed by atoms with Gasteiger partial charge in [0.25, 0.3) is 0 Å². The van der Waals surface area contributed by atoms with Crippen molar-refractivity contribution in [2.45, 2.75) is 19.5 Å². The average Bonchev–Trinajstić information content (AvgIpc) is 2.30. The molecular formula is C13H20FN3O. The second-order valence-corrected chi connectivity index (χ2v) is 4.61. The molecule has 4 nitrogen and oxygen atoms in total. The fourth-order valence-corrected chi connectivity index (χ4v) is 1.46. The van der Waals surface area contributed by atoms with Crippen molar-refractivity contribution < 1.29 is 9.18 Å². The number of benzene rings is 1. The molecular weight excluding hydrogens is 233 g/mol. The summed E-state index contributed by atoms with van der Waals surface area (Å²) >= 11 is 0. The molecule has 0 aliphatic carbocycles. The van der Waals surface area contributed by atoms with Gasteiger partial charge in [-0.3, -0.25) is 4.79 Å². The van der Waals surface area contributed by atoms with Gasteiger partial charge in [-0.05, 0) is 39.2 Å². The van der Waals surface area contributed by atoms with E-state index in [2.05, 4.69) is 17.1 Å². The van der Waals surface area contributed by atoms with Gasteiger partial charge < -0.3 is 16.0 Å². The molecule has 0 saturated carbocycles. The van der Waals surface area contributed by atoms with Gasteiger partial charge in [0.1, 0.15) is 5.82 Å². The molecule has 0 fully saturated rings. The van der Waals surface area contributed by atoms with Crippen LogP contribution in [0.1, 0.15) is 22.8 Å². The summed E-state index contributed by atoms with van der Waals surface area (Å²) in [5, 5.41) is 3.16. The highest BCUT2D eigenvalue weighted by Gasteiger charge is 2.08. The molecule has 0 heterocycles. The second-order valence-electron chi connectivity index (χ2n) is 4.61. The number of carbonyl (C=O) groups is 1. The van der Waals surface area contributed by atoms with E-state index in [1.165, 1.54) is 18.2 Å². The molecule has 0 radical (unpaired) electrons. The lowest BCUT2D eigenvalue weighted by Gasteiger charge is -2.20. The van der Waals surface area contributed by atoms with Crippen LogP contribution in [0, 0.1) is 5.82 Å². The maximum absolute atomic E-state index is 13.5. The fraction of sp³-hybridized carbons (Fsp3) is 0.462. The number of hydrogen-bond donors (Lipinski definition) is 2. The molecule has 0 saturated heterocycles. The standard InChI is InChI=1S/C13H20FN3O/c1-9(17(2)3)7-16-8-11-6-10(13(15)18)4-5-12(11)14/h4-6,9,16H,7-8H2,1-3H3,(H2,15,18). The molecule has 5 heteroatoms. The first-order chi connectivity index (χ1) is 8.41. The summed E-state index contributed by atoms with van der Waals surface area (Å²) in [6, 6.07) is 4.51. The summed E-state index contributed by atoms with van der Waals surface area (Å²) in [7, 11) is 3.97.